The van der Waals surface area contributed by atoms with Crippen LogP contribution in [0.4, 0.5) is 23.4 Å². The van der Waals surface area contributed by atoms with E-state index >= 15 is 0 Å². The van der Waals surface area contributed by atoms with Crippen molar-refractivity contribution in [3.8, 4) is 0 Å². The maximum absolute atomic E-state index is 14.3. The molecule has 3 atom stereocenters. The fraction of sp³-hybridized carbons (Fsp3) is 0.714. The Hall–Kier alpha value is -1.75. The molecule has 1 aromatic rings. The molecule has 0 radical (unpaired) electrons. The molecule has 2 aliphatic carbocycles. The SMILES string of the molecule is C[C@H]1CN(c2ncc(C(F)(F)F)cc2F)CCN1S(=O)(=O)C[C@]12CC[C@H](CC1=O)C2(C)C. The lowest BCUT2D eigenvalue weighted by Gasteiger charge is -2.42. The molecule has 4 rings (SSSR count). The highest BCUT2D eigenvalue weighted by molar-refractivity contribution is 7.89. The van der Waals surface area contributed by atoms with Gasteiger partial charge in [0.05, 0.1) is 11.3 Å². The van der Waals surface area contributed by atoms with E-state index in [9.17, 15) is 30.8 Å². The van der Waals surface area contributed by atoms with E-state index in [1.54, 1.807) is 6.92 Å². The lowest BCUT2D eigenvalue weighted by atomic mass is 9.70. The summed E-state index contributed by atoms with van der Waals surface area (Å²) in [6.45, 7) is 5.84. The monoisotopic (exact) mass is 477 g/mol. The Morgan fingerprint density at radius 1 is 1.25 bits per heavy atom. The summed E-state index contributed by atoms with van der Waals surface area (Å²) in [6.07, 6.45) is -2.29. The number of rotatable bonds is 4. The van der Waals surface area contributed by atoms with E-state index in [0.717, 1.165) is 6.42 Å². The van der Waals surface area contributed by atoms with Crippen molar-refractivity contribution in [2.45, 2.75) is 52.3 Å². The summed E-state index contributed by atoms with van der Waals surface area (Å²) < 4.78 is 80.8. The molecule has 1 saturated heterocycles. The number of aromatic nitrogens is 1. The average Bonchev–Trinajstić information content (AvgIpc) is 3.01. The highest BCUT2D eigenvalue weighted by Gasteiger charge is 2.65. The summed E-state index contributed by atoms with van der Waals surface area (Å²) in [6, 6.07) is -0.148. The molecule has 2 bridgehead atoms. The van der Waals surface area contributed by atoms with Crippen LogP contribution in [0.1, 0.15) is 45.6 Å². The Kier molecular flexibility index (Phi) is 5.40. The van der Waals surface area contributed by atoms with Gasteiger partial charge in [0.15, 0.2) is 11.6 Å². The molecule has 2 saturated carbocycles. The molecule has 2 heterocycles. The summed E-state index contributed by atoms with van der Waals surface area (Å²) in [5.74, 6) is -1.35. The van der Waals surface area contributed by atoms with Crippen molar-refractivity contribution in [3.05, 3.63) is 23.6 Å². The number of nitrogens with zero attached hydrogens (tertiary/aromatic N) is 3. The smallest absolute Gasteiger partial charge is 0.351 e. The van der Waals surface area contributed by atoms with Crippen molar-refractivity contribution in [3.63, 3.8) is 0 Å². The van der Waals surface area contributed by atoms with Crippen LogP contribution in [0.2, 0.25) is 0 Å². The molecule has 0 aromatic carbocycles. The van der Waals surface area contributed by atoms with Gasteiger partial charge < -0.3 is 4.90 Å². The molecule has 0 spiro atoms. The second-order valence-corrected chi connectivity index (χ2v) is 11.8. The molecule has 3 aliphatic rings. The zero-order valence-electron chi connectivity index (χ0n) is 18.2. The zero-order chi connectivity index (χ0) is 23.7. The number of hydrogen-bond donors (Lipinski definition) is 0. The van der Waals surface area contributed by atoms with E-state index in [-0.39, 0.29) is 48.3 Å². The Morgan fingerprint density at radius 2 is 1.94 bits per heavy atom. The average molecular weight is 478 g/mol. The molecule has 178 valence electrons. The molecule has 0 N–H and O–H groups in total. The van der Waals surface area contributed by atoms with Crippen LogP contribution in [0.15, 0.2) is 12.3 Å². The van der Waals surface area contributed by atoms with Crippen molar-refractivity contribution < 1.29 is 30.8 Å². The Labute approximate surface area is 185 Å². The maximum atomic E-state index is 14.3. The summed E-state index contributed by atoms with van der Waals surface area (Å²) in [5, 5.41) is 0. The van der Waals surface area contributed by atoms with Gasteiger partial charge in [-0.15, -0.1) is 0 Å². The number of carbonyl (C=O) groups is 1. The van der Waals surface area contributed by atoms with Gasteiger partial charge in [-0.2, -0.15) is 17.5 Å². The largest absolute Gasteiger partial charge is 0.417 e. The van der Waals surface area contributed by atoms with Crippen molar-refractivity contribution >= 4 is 21.6 Å². The van der Waals surface area contributed by atoms with E-state index < -0.39 is 39.0 Å². The molecule has 0 unspecified atom stereocenters. The number of alkyl halides is 3. The Balaban J connectivity index is 1.51. The number of sulfonamides is 1. The van der Waals surface area contributed by atoms with Gasteiger partial charge in [-0.05, 0) is 37.2 Å². The third kappa shape index (κ3) is 3.52. The normalized spacial score (nSPS) is 30.8. The van der Waals surface area contributed by atoms with E-state index in [1.165, 1.54) is 9.21 Å². The van der Waals surface area contributed by atoms with Crippen LogP contribution < -0.4 is 4.90 Å². The van der Waals surface area contributed by atoms with Crippen LogP contribution in [0.5, 0.6) is 0 Å². The fourth-order valence-corrected chi connectivity index (χ4v) is 8.31. The van der Waals surface area contributed by atoms with E-state index in [0.29, 0.717) is 25.1 Å². The molecule has 1 aliphatic heterocycles. The zero-order valence-corrected chi connectivity index (χ0v) is 19.1. The van der Waals surface area contributed by atoms with E-state index in [1.807, 2.05) is 13.8 Å². The van der Waals surface area contributed by atoms with Crippen molar-refractivity contribution in [1.29, 1.82) is 0 Å². The number of anilines is 1. The van der Waals surface area contributed by atoms with Crippen molar-refractivity contribution in [1.82, 2.24) is 9.29 Å². The van der Waals surface area contributed by atoms with Gasteiger partial charge in [-0.25, -0.2) is 17.8 Å². The van der Waals surface area contributed by atoms with Gasteiger partial charge in [-0.3, -0.25) is 4.79 Å². The Morgan fingerprint density at radius 3 is 2.44 bits per heavy atom. The van der Waals surface area contributed by atoms with Crippen molar-refractivity contribution in [2.75, 3.05) is 30.3 Å². The predicted molar refractivity (Wildman–Crippen MR) is 110 cm³/mol. The highest BCUT2D eigenvalue weighted by Crippen LogP contribution is 2.64. The number of piperazine rings is 1. The van der Waals surface area contributed by atoms with Crippen LogP contribution in [0.3, 0.4) is 0 Å². The van der Waals surface area contributed by atoms with E-state index in [2.05, 4.69) is 4.98 Å². The van der Waals surface area contributed by atoms with Crippen molar-refractivity contribution in [2.24, 2.45) is 16.7 Å². The number of fused-ring (bicyclic) bond motifs is 2. The quantitative estimate of drug-likeness (QED) is 0.621. The first-order chi connectivity index (χ1) is 14.7. The fourth-order valence-electron chi connectivity index (χ4n) is 5.87. The number of pyridine rings is 1. The van der Waals surface area contributed by atoms with Gasteiger partial charge >= 0.3 is 6.18 Å². The van der Waals surface area contributed by atoms with Crippen LogP contribution in [0.25, 0.3) is 0 Å². The second kappa shape index (κ2) is 7.38. The maximum Gasteiger partial charge on any atom is 0.417 e. The minimum atomic E-state index is -4.70. The Bertz CT molecular complexity index is 1040. The van der Waals surface area contributed by atoms with E-state index in [4.69, 9.17) is 0 Å². The first-order valence-electron chi connectivity index (χ1n) is 10.7. The molecule has 32 heavy (non-hydrogen) atoms. The molecule has 3 fully saturated rings. The van der Waals surface area contributed by atoms with Crippen LogP contribution in [-0.2, 0) is 21.0 Å². The summed E-state index contributed by atoms with van der Waals surface area (Å²) >= 11 is 0. The molecule has 6 nitrogen and oxygen atoms in total. The third-order valence-electron chi connectivity index (χ3n) is 7.94. The summed E-state index contributed by atoms with van der Waals surface area (Å²) in [4.78, 5) is 17.9. The number of halogens is 4. The second-order valence-electron chi connectivity index (χ2n) is 9.86. The van der Waals surface area contributed by atoms with Gasteiger partial charge in [0.2, 0.25) is 10.0 Å². The molecular formula is C21H27F4N3O3S. The van der Waals surface area contributed by atoms with Gasteiger partial charge in [-0.1, -0.05) is 13.8 Å². The lowest BCUT2D eigenvalue weighted by molar-refractivity contribution is -0.138. The summed E-state index contributed by atoms with van der Waals surface area (Å²) in [7, 11) is -3.78. The van der Waals surface area contributed by atoms with Gasteiger partial charge in [0.1, 0.15) is 5.78 Å². The van der Waals surface area contributed by atoms with Crippen LogP contribution in [0, 0.1) is 22.6 Å². The van der Waals surface area contributed by atoms with Gasteiger partial charge in [0, 0.05) is 43.7 Å². The topological polar surface area (TPSA) is 70.6 Å². The van der Waals surface area contributed by atoms with Crippen LogP contribution >= 0.6 is 0 Å². The first-order valence-corrected chi connectivity index (χ1v) is 12.3. The highest BCUT2D eigenvalue weighted by atomic mass is 32.2. The molecule has 0 amide bonds. The number of ketones is 1. The third-order valence-corrected chi connectivity index (χ3v) is 10.1. The standard InChI is InChI=1S/C21H27F4N3O3S/c1-13-11-27(18-16(22)8-15(10-26-18)21(23,24)25)6-7-28(13)32(30,31)12-20-5-4-14(9-17(20)29)19(20,2)3/h8,10,13-14H,4-7,9,11-12H2,1-3H3/t13-,14+,20+/m0/s1. The summed E-state index contributed by atoms with van der Waals surface area (Å²) in [5.41, 5.74) is -2.44. The lowest BCUT2D eigenvalue weighted by Crippen LogP contribution is -2.57. The number of carbonyl (C=O) groups excluding carboxylic acids is 1. The predicted octanol–water partition coefficient (Wildman–Crippen LogP) is 3.48. The number of hydrogen-bond acceptors (Lipinski definition) is 5. The van der Waals surface area contributed by atoms with Gasteiger partial charge in [0.25, 0.3) is 0 Å². The van der Waals surface area contributed by atoms with Crippen LogP contribution in [-0.4, -0.2) is 54.9 Å². The first kappa shape index (κ1) is 23.4. The minimum Gasteiger partial charge on any atom is -0.351 e. The molecule has 1 aromatic heterocycles. The number of Topliss-reactive ketones (excluding diaryl/α,β-unsaturated/α-hetero) is 1. The molecule has 11 heteroatoms. The minimum absolute atomic E-state index is 0.0182. The molecular weight excluding hydrogens is 450 g/mol.